The third-order valence-corrected chi connectivity index (χ3v) is 3.71. The highest BCUT2D eigenvalue weighted by molar-refractivity contribution is 14.1. The zero-order chi connectivity index (χ0) is 14.8. The lowest BCUT2D eigenvalue weighted by Crippen LogP contribution is -1.92. The molecule has 1 aromatic heterocycles. The van der Waals surface area contributed by atoms with Gasteiger partial charge in [0, 0.05) is 14.5 Å². The Balaban J connectivity index is 1.92. The number of benzene rings is 2. The molecule has 0 atom stereocenters. The molecule has 2 aromatic carbocycles. The number of para-hydroxylation sites is 1. The third kappa shape index (κ3) is 2.80. The van der Waals surface area contributed by atoms with Crippen LogP contribution in [-0.4, -0.2) is 16.0 Å². The molecular weight excluding hydrogens is 381 g/mol. The van der Waals surface area contributed by atoms with Gasteiger partial charge in [-0.25, -0.2) is 0 Å². The quantitative estimate of drug-likeness (QED) is 0.502. The molecule has 5 nitrogen and oxygen atoms in total. The van der Waals surface area contributed by atoms with Crippen molar-refractivity contribution in [3.63, 3.8) is 0 Å². The molecule has 0 saturated carbocycles. The predicted molar refractivity (Wildman–Crippen MR) is 88.0 cm³/mol. The molecule has 6 heteroatoms. The Hall–Kier alpha value is -2.22. The summed E-state index contributed by atoms with van der Waals surface area (Å²) in [6.07, 6.45) is 0. The highest BCUT2D eigenvalue weighted by Crippen LogP contribution is 2.35. The number of aromatic amines is 1. The van der Waals surface area contributed by atoms with Crippen molar-refractivity contribution in [3.05, 3.63) is 57.7 Å². The van der Waals surface area contributed by atoms with Gasteiger partial charge in [0.25, 0.3) is 5.91 Å². The summed E-state index contributed by atoms with van der Waals surface area (Å²) in [5, 5.41) is 18.1. The number of azo groups is 1. The molecule has 21 heavy (non-hydrogen) atoms. The molecule has 3 rings (SSSR count). The highest BCUT2D eigenvalue weighted by atomic mass is 127. The average molecular weight is 391 g/mol. The Bertz CT molecular complexity index is 838. The van der Waals surface area contributed by atoms with E-state index in [2.05, 4.69) is 37.8 Å². The normalized spacial score (nSPS) is 11.3. The minimum absolute atomic E-state index is 0.102. The summed E-state index contributed by atoms with van der Waals surface area (Å²) in [5.74, 6) is -0.550. The Morgan fingerprint density at radius 3 is 2.57 bits per heavy atom. The van der Waals surface area contributed by atoms with Crippen molar-refractivity contribution in [2.45, 2.75) is 0 Å². The van der Waals surface area contributed by atoms with Gasteiger partial charge < -0.3 is 10.1 Å². The predicted octanol–water partition coefficient (Wildman–Crippen LogP) is 4.40. The van der Waals surface area contributed by atoms with Crippen LogP contribution in [0.4, 0.5) is 5.69 Å². The van der Waals surface area contributed by atoms with E-state index in [1.807, 2.05) is 30.3 Å². The molecule has 104 valence electrons. The van der Waals surface area contributed by atoms with Crippen molar-refractivity contribution < 1.29 is 9.90 Å². The molecule has 0 aliphatic heterocycles. The van der Waals surface area contributed by atoms with E-state index in [1.165, 1.54) is 0 Å². The minimum Gasteiger partial charge on any atom is -0.493 e. The maximum absolute atomic E-state index is 11.9. The standard InChI is InChI=1S/C15H10IN3O2/c16-10-7-5-9(6-8-10)14(20)19-18-13-11-3-1-2-4-12(11)17-15(13)21/h1-8,17,21H. The molecule has 2 N–H and O–H groups in total. The molecular formula is C15H10IN3O2. The first-order chi connectivity index (χ1) is 10.1. The van der Waals surface area contributed by atoms with E-state index in [4.69, 9.17) is 0 Å². The number of hydrogen-bond acceptors (Lipinski definition) is 3. The van der Waals surface area contributed by atoms with Gasteiger partial charge >= 0.3 is 0 Å². The van der Waals surface area contributed by atoms with Crippen LogP contribution in [0.3, 0.4) is 0 Å². The largest absolute Gasteiger partial charge is 0.493 e. The van der Waals surface area contributed by atoms with Crippen LogP contribution >= 0.6 is 22.6 Å². The van der Waals surface area contributed by atoms with Gasteiger partial charge in [0.2, 0.25) is 5.88 Å². The Morgan fingerprint density at radius 1 is 1.10 bits per heavy atom. The molecule has 0 saturated heterocycles. The molecule has 0 spiro atoms. The summed E-state index contributed by atoms with van der Waals surface area (Å²) in [6, 6.07) is 14.3. The minimum atomic E-state index is -0.448. The smallest absolute Gasteiger partial charge is 0.295 e. The lowest BCUT2D eigenvalue weighted by atomic mass is 10.2. The van der Waals surface area contributed by atoms with E-state index in [-0.39, 0.29) is 11.6 Å². The van der Waals surface area contributed by atoms with Gasteiger partial charge in [0.05, 0.1) is 5.52 Å². The number of aromatic nitrogens is 1. The SMILES string of the molecule is O=C(N=Nc1c(O)[nH]c2ccccc12)c1ccc(I)cc1. The van der Waals surface area contributed by atoms with Crippen LogP contribution in [0.2, 0.25) is 0 Å². The van der Waals surface area contributed by atoms with Crippen LogP contribution in [0.1, 0.15) is 10.4 Å². The van der Waals surface area contributed by atoms with Crippen LogP contribution in [0.5, 0.6) is 5.88 Å². The Labute approximate surface area is 133 Å². The van der Waals surface area contributed by atoms with Gasteiger partial charge in [-0.2, -0.15) is 0 Å². The number of nitrogens with zero attached hydrogens (tertiary/aromatic N) is 2. The van der Waals surface area contributed by atoms with Gasteiger partial charge in [-0.1, -0.05) is 18.2 Å². The number of H-pyrrole nitrogens is 1. The number of carbonyl (C=O) groups excluding carboxylic acids is 1. The maximum atomic E-state index is 11.9. The van der Waals surface area contributed by atoms with Crippen molar-refractivity contribution in [1.29, 1.82) is 0 Å². The summed E-state index contributed by atoms with van der Waals surface area (Å²) >= 11 is 2.16. The van der Waals surface area contributed by atoms with Crippen LogP contribution in [-0.2, 0) is 0 Å². The van der Waals surface area contributed by atoms with Gasteiger partial charge in [0.1, 0.15) is 0 Å². The molecule has 0 unspecified atom stereocenters. The molecule has 0 fully saturated rings. The fourth-order valence-electron chi connectivity index (χ4n) is 1.96. The van der Waals surface area contributed by atoms with E-state index in [0.29, 0.717) is 10.9 Å². The third-order valence-electron chi connectivity index (χ3n) is 2.99. The number of amides is 1. The molecule has 0 aliphatic rings. The van der Waals surface area contributed by atoms with Gasteiger partial charge in [0.15, 0.2) is 5.69 Å². The van der Waals surface area contributed by atoms with Crippen molar-refractivity contribution in [2.75, 3.05) is 0 Å². The lowest BCUT2D eigenvalue weighted by molar-refractivity contribution is 0.0995. The van der Waals surface area contributed by atoms with E-state index in [0.717, 1.165) is 9.09 Å². The zero-order valence-corrected chi connectivity index (χ0v) is 12.9. The number of halogens is 1. The summed E-state index contributed by atoms with van der Waals surface area (Å²) < 4.78 is 1.04. The summed E-state index contributed by atoms with van der Waals surface area (Å²) in [5.41, 5.74) is 1.47. The zero-order valence-electron chi connectivity index (χ0n) is 10.7. The fourth-order valence-corrected chi connectivity index (χ4v) is 2.32. The summed E-state index contributed by atoms with van der Waals surface area (Å²) in [4.78, 5) is 14.7. The molecule has 0 radical (unpaired) electrons. The topological polar surface area (TPSA) is 77.8 Å². The second-order valence-electron chi connectivity index (χ2n) is 4.38. The molecule has 0 bridgehead atoms. The Morgan fingerprint density at radius 2 is 1.81 bits per heavy atom. The van der Waals surface area contributed by atoms with Gasteiger partial charge in [-0.05, 0) is 52.9 Å². The number of fused-ring (bicyclic) bond motifs is 1. The summed E-state index contributed by atoms with van der Waals surface area (Å²) in [6.45, 7) is 0. The van der Waals surface area contributed by atoms with Crippen LogP contribution in [0, 0.1) is 3.57 Å². The van der Waals surface area contributed by atoms with Crippen molar-refractivity contribution in [2.24, 2.45) is 10.2 Å². The molecule has 1 heterocycles. The fraction of sp³-hybridized carbons (Fsp3) is 0. The van der Waals surface area contributed by atoms with Crippen molar-refractivity contribution in [1.82, 2.24) is 4.98 Å². The first kappa shape index (κ1) is 13.7. The number of rotatable bonds is 2. The molecule has 3 aromatic rings. The molecule has 1 amide bonds. The van der Waals surface area contributed by atoms with Crippen LogP contribution < -0.4 is 0 Å². The van der Waals surface area contributed by atoms with E-state index in [1.54, 1.807) is 18.2 Å². The number of hydrogen-bond donors (Lipinski definition) is 2. The number of nitrogens with one attached hydrogen (secondary N) is 1. The number of aromatic hydroxyl groups is 1. The second kappa shape index (κ2) is 5.65. The van der Waals surface area contributed by atoms with Crippen LogP contribution in [0.25, 0.3) is 10.9 Å². The first-order valence-electron chi connectivity index (χ1n) is 6.16. The maximum Gasteiger partial charge on any atom is 0.295 e. The van der Waals surface area contributed by atoms with Crippen LogP contribution in [0.15, 0.2) is 58.8 Å². The average Bonchev–Trinajstić information content (AvgIpc) is 2.81. The molecule has 0 aliphatic carbocycles. The summed E-state index contributed by atoms with van der Waals surface area (Å²) in [7, 11) is 0. The van der Waals surface area contributed by atoms with E-state index < -0.39 is 5.91 Å². The number of carbonyl (C=O) groups is 1. The monoisotopic (exact) mass is 391 g/mol. The first-order valence-corrected chi connectivity index (χ1v) is 7.24. The van der Waals surface area contributed by atoms with Gasteiger partial charge in [-0.15, -0.1) is 10.2 Å². The van der Waals surface area contributed by atoms with Crippen molar-refractivity contribution in [3.8, 4) is 5.88 Å². The Kier molecular flexibility index (Phi) is 3.70. The van der Waals surface area contributed by atoms with E-state index in [9.17, 15) is 9.90 Å². The van der Waals surface area contributed by atoms with Gasteiger partial charge in [-0.3, -0.25) is 4.79 Å². The highest BCUT2D eigenvalue weighted by Gasteiger charge is 2.10. The van der Waals surface area contributed by atoms with Crippen molar-refractivity contribution >= 4 is 45.1 Å². The second-order valence-corrected chi connectivity index (χ2v) is 5.63. The lowest BCUT2D eigenvalue weighted by Gasteiger charge is -1.95. The van der Waals surface area contributed by atoms with E-state index >= 15 is 0 Å².